The quantitative estimate of drug-likeness (QED) is 0.866. The zero-order valence-electron chi connectivity index (χ0n) is 11.5. The van der Waals surface area contributed by atoms with Crippen molar-refractivity contribution in [2.75, 3.05) is 7.11 Å². The predicted octanol–water partition coefficient (Wildman–Crippen LogP) is 4.30. The van der Waals surface area contributed by atoms with Crippen molar-refractivity contribution in [3.05, 3.63) is 49.6 Å². The number of nitrogens with one attached hydrogen (secondary N) is 1. The molecule has 2 aromatic rings. The Morgan fingerprint density at radius 2 is 2.15 bits per heavy atom. The number of aryl methyl sites for hydroxylation is 2. The van der Waals surface area contributed by atoms with Crippen molar-refractivity contribution in [2.24, 2.45) is 0 Å². The molecule has 4 heteroatoms. The zero-order chi connectivity index (χ0) is 13.9. The van der Waals surface area contributed by atoms with E-state index >= 15 is 0 Å². The van der Waals surface area contributed by atoms with Gasteiger partial charge in [0.25, 0.3) is 0 Å². The number of hydrogen-bond donors (Lipinski definition) is 1. The van der Waals surface area contributed by atoms with Gasteiger partial charge in [0.1, 0.15) is 5.75 Å². The van der Waals surface area contributed by atoms with Gasteiger partial charge in [0, 0.05) is 27.3 Å². The standard InChI is InChI=1S/C16H18BrNOS/c1-19-13-5-6-15(17)12(7-13)9-18-10-14-8-11-3-2-4-16(11)20-14/h5-8,18H,2-4,9-10H2,1H3. The van der Waals surface area contributed by atoms with Gasteiger partial charge in [0.2, 0.25) is 0 Å². The highest BCUT2D eigenvalue weighted by Crippen LogP contribution is 2.30. The molecule has 1 aliphatic rings. The summed E-state index contributed by atoms with van der Waals surface area (Å²) >= 11 is 5.56. The lowest BCUT2D eigenvalue weighted by Crippen LogP contribution is -2.12. The van der Waals surface area contributed by atoms with Gasteiger partial charge < -0.3 is 10.1 Å². The Morgan fingerprint density at radius 3 is 2.95 bits per heavy atom. The summed E-state index contributed by atoms with van der Waals surface area (Å²) in [6, 6.07) is 8.46. The van der Waals surface area contributed by atoms with E-state index < -0.39 is 0 Å². The third-order valence-corrected chi connectivity index (χ3v) is 5.68. The minimum Gasteiger partial charge on any atom is -0.497 e. The van der Waals surface area contributed by atoms with E-state index in [0.29, 0.717) is 0 Å². The SMILES string of the molecule is COc1ccc(Br)c(CNCc2cc3c(s2)CCC3)c1. The number of ether oxygens (including phenoxy) is 1. The number of hydrogen-bond acceptors (Lipinski definition) is 3. The molecule has 0 atom stereocenters. The minimum absolute atomic E-state index is 0.848. The first-order valence-electron chi connectivity index (χ1n) is 6.90. The van der Waals surface area contributed by atoms with Crippen LogP contribution in [0.4, 0.5) is 0 Å². The van der Waals surface area contributed by atoms with Crippen LogP contribution in [0.5, 0.6) is 5.75 Å². The van der Waals surface area contributed by atoms with Crippen LogP contribution in [-0.2, 0) is 25.9 Å². The fourth-order valence-electron chi connectivity index (χ4n) is 2.61. The Hall–Kier alpha value is -0.840. The van der Waals surface area contributed by atoms with Crippen LogP contribution in [0.25, 0.3) is 0 Å². The third-order valence-electron chi connectivity index (χ3n) is 3.67. The lowest BCUT2D eigenvalue weighted by molar-refractivity contribution is 0.414. The van der Waals surface area contributed by atoms with Gasteiger partial charge in [-0.3, -0.25) is 0 Å². The van der Waals surface area contributed by atoms with Gasteiger partial charge in [-0.15, -0.1) is 11.3 Å². The monoisotopic (exact) mass is 351 g/mol. The maximum absolute atomic E-state index is 5.27. The van der Waals surface area contributed by atoms with E-state index in [2.05, 4.69) is 33.4 Å². The number of rotatable bonds is 5. The smallest absolute Gasteiger partial charge is 0.119 e. The molecular formula is C16H18BrNOS. The van der Waals surface area contributed by atoms with Gasteiger partial charge in [0.05, 0.1) is 7.11 Å². The summed E-state index contributed by atoms with van der Waals surface area (Å²) in [5.74, 6) is 0.903. The van der Waals surface area contributed by atoms with E-state index in [1.54, 1.807) is 17.6 Å². The van der Waals surface area contributed by atoms with Gasteiger partial charge in [0.15, 0.2) is 0 Å². The molecule has 20 heavy (non-hydrogen) atoms. The second kappa shape index (κ2) is 6.29. The van der Waals surface area contributed by atoms with E-state index in [9.17, 15) is 0 Å². The molecular weight excluding hydrogens is 334 g/mol. The van der Waals surface area contributed by atoms with Crippen molar-refractivity contribution >= 4 is 27.3 Å². The van der Waals surface area contributed by atoms with E-state index in [4.69, 9.17) is 4.74 Å². The maximum atomic E-state index is 5.27. The topological polar surface area (TPSA) is 21.3 Å². The van der Waals surface area contributed by atoms with Crippen molar-refractivity contribution in [1.29, 1.82) is 0 Å². The number of benzene rings is 1. The van der Waals surface area contributed by atoms with Gasteiger partial charge >= 0.3 is 0 Å². The lowest BCUT2D eigenvalue weighted by Gasteiger charge is -2.08. The van der Waals surface area contributed by atoms with Gasteiger partial charge in [-0.05, 0) is 54.7 Å². The summed E-state index contributed by atoms with van der Waals surface area (Å²) in [5, 5.41) is 3.52. The van der Waals surface area contributed by atoms with Crippen molar-refractivity contribution < 1.29 is 4.74 Å². The number of halogens is 1. The van der Waals surface area contributed by atoms with E-state index in [1.807, 2.05) is 23.5 Å². The molecule has 0 spiro atoms. The van der Waals surface area contributed by atoms with Crippen LogP contribution < -0.4 is 10.1 Å². The van der Waals surface area contributed by atoms with Crippen LogP contribution in [0.2, 0.25) is 0 Å². The first-order chi connectivity index (χ1) is 9.76. The molecule has 1 heterocycles. The summed E-state index contributed by atoms with van der Waals surface area (Å²) in [7, 11) is 1.70. The van der Waals surface area contributed by atoms with Crippen molar-refractivity contribution in [1.82, 2.24) is 5.32 Å². The van der Waals surface area contributed by atoms with Crippen molar-refractivity contribution in [3.63, 3.8) is 0 Å². The Morgan fingerprint density at radius 1 is 1.25 bits per heavy atom. The molecule has 0 radical (unpaired) electrons. The average Bonchev–Trinajstić information content (AvgIpc) is 3.02. The summed E-state index contributed by atoms with van der Waals surface area (Å²) in [6.07, 6.45) is 3.89. The Kier molecular flexibility index (Phi) is 4.44. The van der Waals surface area contributed by atoms with Crippen LogP contribution in [-0.4, -0.2) is 7.11 Å². The van der Waals surface area contributed by atoms with Crippen molar-refractivity contribution in [3.8, 4) is 5.75 Å². The van der Waals surface area contributed by atoms with Gasteiger partial charge in [-0.25, -0.2) is 0 Å². The Bertz CT molecular complexity index is 587. The first-order valence-corrected chi connectivity index (χ1v) is 8.51. The number of thiophene rings is 1. The minimum atomic E-state index is 0.848. The van der Waals surface area contributed by atoms with Crippen molar-refractivity contribution in [2.45, 2.75) is 32.4 Å². The summed E-state index contributed by atoms with van der Waals surface area (Å²) in [6.45, 7) is 1.79. The zero-order valence-corrected chi connectivity index (χ0v) is 13.9. The third kappa shape index (κ3) is 3.08. The molecule has 0 saturated heterocycles. The summed E-state index contributed by atoms with van der Waals surface area (Å²) in [5.41, 5.74) is 2.81. The normalized spacial score (nSPS) is 13.5. The number of fused-ring (bicyclic) bond motifs is 1. The summed E-state index contributed by atoms with van der Waals surface area (Å²) < 4.78 is 6.39. The molecule has 0 fully saturated rings. The molecule has 1 aromatic heterocycles. The summed E-state index contributed by atoms with van der Waals surface area (Å²) in [4.78, 5) is 3.05. The highest BCUT2D eigenvalue weighted by atomic mass is 79.9. The highest BCUT2D eigenvalue weighted by Gasteiger charge is 2.14. The Labute approximate surface area is 132 Å². The van der Waals surface area contributed by atoms with E-state index in [0.717, 1.165) is 23.3 Å². The molecule has 0 unspecified atom stereocenters. The van der Waals surface area contributed by atoms with Crippen LogP contribution in [0.3, 0.4) is 0 Å². The Balaban J connectivity index is 1.59. The molecule has 1 aromatic carbocycles. The highest BCUT2D eigenvalue weighted by molar-refractivity contribution is 9.10. The second-order valence-electron chi connectivity index (χ2n) is 5.08. The van der Waals surface area contributed by atoms with E-state index in [1.165, 1.54) is 29.7 Å². The molecule has 3 rings (SSSR count). The molecule has 1 aliphatic carbocycles. The first kappa shape index (κ1) is 14.1. The van der Waals surface area contributed by atoms with E-state index in [-0.39, 0.29) is 0 Å². The molecule has 0 amide bonds. The fraction of sp³-hybridized carbons (Fsp3) is 0.375. The largest absolute Gasteiger partial charge is 0.497 e. The lowest BCUT2D eigenvalue weighted by atomic mass is 10.2. The van der Waals surface area contributed by atoms with Gasteiger partial charge in [-0.2, -0.15) is 0 Å². The maximum Gasteiger partial charge on any atom is 0.119 e. The molecule has 0 saturated carbocycles. The van der Waals surface area contributed by atoms with Crippen LogP contribution in [0.1, 0.15) is 27.3 Å². The molecule has 106 valence electrons. The van der Waals surface area contributed by atoms with Gasteiger partial charge in [-0.1, -0.05) is 15.9 Å². The predicted molar refractivity (Wildman–Crippen MR) is 87.6 cm³/mol. The molecule has 0 bridgehead atoms. The van der Waals surface area contributed by atoms with Crippen LogP contribution >= 0.6 is 27.3 Å². The molecule has 0 aliphatic heterocycles. The molecule has 1 N–H and O–H groups in total. The average molecular weight is 352 g/mol. The molecule has 2 nitrogen and oxygen atoms in total. The van der Waals surface area contributed by atoms with Crippen LogP contribution in [0.15, 0.2) is 28.7 Å². The fourth-order valence-corrected chi connectivity index (χ4v) is 4.23. The van der Waals surface area contributed by atoms with Crippen LogP contribution in [0, 0.1) is 0 Å². The second-order valence-corrected chi connectivity index (χ2v) is 7.15. The number of methoxy groups -OCH3 is 1.